The van der Waals surface area contributed by atoms with Crippen molar-refractivity contribution in [1.82, 2.24) is 25.9 Å². The predicted octanol–water partition coefficient (Wildman–Crippen LogP) is 0.434. The van der Waals surface area contributed by atoms with Gasteiger partial charge in [-0.3, -0.25) is 10.6 Å². The first kappa shape index (κ1) is 14.7. The number of anilines is 1. The summed E-state index contributed by atoms with van der Waals surface area (Å²) in [6, 6.07) is 3.00. The standard InChI is InChI=1S/C10H10F3N7O/c11-10(12,13)6-3-5(1-2-7(6)16-14)9(21)15-4-8-17-19-20-18-8/h1-3,16H,4,14H2,(H,15,21)(H,17,18,19,20). The van der Waals surface area contributed by atoms with Crippen LogP contribution in [0.25, 0.3) is 0 Å². The van der Waals surface area contributed by atoms with Gasteiger partial charge >= 0.3 is 6.18 Å². The topological polar surface area (TPSA) is 122 Å². The lowest BCUT2D eigenvalue weighted by Gasteiger charge is -2.13. The highest BCUT2D eigenvalue weighted by Gasteiger charge is 2.34. The Morgan fingerprint density at radius 2 is 2.14 bits per heavy atom. The van der Waals surface area contributed by atoms with E-state index >= 15 is 0 Å². The lowest BCUT2D eigenvalue weighted by Crippen LogP contribution is -2.24. The largest absolute Gasteiger partial charge is 0.418 e. The van der Waals surface area contributed by atoms with Gasteiger partial charge in [0.05, 0.1) is 17.8 Å². The summed E-state index contributed by atoms with van der Waals surface area (Å²) in [6.45, 7) is -0.0619. The molecule has 0 unspecified atom stereocenters. The molecule has 11 heteroatoms. The van der Waals surface area contributed by atoms with Crippen LogP contribution in [0.2, 0.25) is 0 Å². The number of aromatic amines is 1. The first-order valence-corrected chi connectivity index (χ1v) is 5.60. The Bertz CT molecular complexity index is 626. The van der Waals surface area contributed by atoms with E-state index in [1.54, 1.807) is 0 Å². The molecular weight excluding hydrogens is 291 g/mol. The van der Waals surface area contributed by atoms with Gasteiger partial charge in [0, 0.05) is 5.56 Å². The van der Waals surface area contributed by atoms with E-state index in [1.165, 1.54) is 6.07 Å². The number of benzene rings is 1. The molecule has 0 radical (unpaired) electrons. The van der Waals surface area contributed by atoms with Gasteiger partial charge in [-0.15, -0.1) is 10.2 Å². The third-order valence-electron chi connectivity index (χ3n) is 2.54. The average Bonchev–Trinajstić information content (AvgIpc) is 2.96. The maximum Gasteiger partial charge on any atom is 0.418 e. The maximum atomic E-state index is 12.8. The van der Waals surface area contributed by atoms with E-state index in [4.69, 9.17) is 5.84 Å². The van der Waals surface area contributed by atoms with E-state index in [9.17, 15) is 18.0 Å². The Balaban J connectivity index is 2.17. The second-order valence-corrected chi connectivity index (χ2v) is 3.91. The monoisotopic (exact) mass is 301 g/mol. The second kappa shape index (κ2) is 5.75. The lowest BCUT2D eigenvalue weighted by molar-refractivity contribution is -0.137. The quantitative estimate of drug-likeness (QED) is 0.480. The summed E-state index contributed by atoms with van der Waals surface area (Å²) in [7, 11) is 0. The molecule has 1 amide bonds. The number of nitrogen functional groups attached to an aromatic ring is 1. The van der Waals surface area contributed by atoms with Gasteiger partial charge in [-0.05, 0) is 18.2 Å². The second-order valence-electron chi connectivity index (χ2n) is 3.91. The fourth-order valence-corrected chi connectivity index (χ4v) is 1.56. The zero-order valence-electron chi connectivity index (χ0n) is 10.4. The fourth-order valence-electron chi connectivity index (χ4n) is 1.56. The molecule has 0 saturated heterocycles. The van der Waals surface area contributed by atoms with Crippen LogP contribution in [0.1, 0.15) is 21.7 Å². The first-order valence-electron chi connectivity index (χ1n) is 5.60. The van der Waals surface area contributed by atoms with Crippen LogP contribution < -0.4 is 16.6 Å². The Morgan fingerprint density at radius 1 is 1.38 bits per heavy atom. The molecule has 0 spiro atoms. The van der Waals surface area contributed by atoms with Gasteiger partial charge in [0.1, 0.15) is 0 Å². The molecule has 21 heavy (non-hydrogen) atoms. The van der Waals surface area contributed by atoms with Crippen molar-refractivity contribution >= 4 is 11.6 Å². The van der Waals surface area contributed by atoms with Gasteiger partial charge in [-0.2, -0.15) is 18.4 Å². The Morgan fingerprint density at radius 3 is 2.71 bits per heavy atom. The molecule has 2 aromatic rings. The number of hydrogen-bond acceptors (Lipinski definition) is 6. The number of hydrazine groups is 1. The molecule has 1 aromatic heterocycles. The van der Waals surface area contributed by atoms with Crippen molar-refractivity contribution in [2.24, 2.45) is 5.84 Å². The molecule has 0 bridgehead atoms. The van der Waals surface area contributed by atoms with Gasteiger partial charge in [-0.1, -0.05) is 5.21 Å². The maximum absolute atomic E-state index is 12.8. The molecule has 0 atom stereocenters. The minimum atomic E-state index is -4.63. The van der Waals surface area contributed by atoms with Crippen LogP contribution in [0.5, 0.6) is 0 Å². The van der Waals surface area contributed by atoms with Crippen molar-refractivity contribution in [3.05, 3.63) is 35.2 Å². The van der Waals surface area contributed by atoms with E-state index in [-0.39, 0.29) is 23.6 Å². The summed E-state index contributed by atoms with van der Waals surface area (Å²) in [5, 5.41) is 15.0. The molecule has 8 nitrogen and oxygen atoms in total. The van der Waals surface area contributed by atoms with Gasteiger partial charge in [-0.25, -0.2) is 0 Å². The predicted molar refractivity (Wildman–Crippen MR) is 64.6 cm³/mol. The number of nitrogens with two attached hydrogens (primary N) is 1. The fraction of sp³-hybridized carbons (Fsp3) is 0.200. The number of amides is 1. The number of hydrogen-bond donors (Lipinski definition) is 4. The van der Waals surface area contributed by atoms with Crippen LogP contribution >= 0.6 is 0 Å². The van der Waals surface area contributed by atoms with E-state index in [1.807, 2.05) is 5.43 Å². The Hall–Kier alpha value is -2.69. The molecule has 0 aliphatic rings. The number of carbonyl (C=O) groups excluding carboxylic acids is 1. The third-order valence-corrected chi connectivity index (χ3v) is 2.54. The molecule has 0 aliphatic heterocycles. The molecule has 0 fully saturated rings. The number of tetrazole rings is 1. The van der Waals surface area contributed by atoms with Gasteiger partial charge in [0.2, 0.25) is 0 Å². The van der Waals surface area contributed by atoms with E-state index < -0.39 is 17.6 Å². The SMILES string of the molecule is NNc1ccc(C(=O)NCc2nn[nH]n2)cc1C(F)(F)F. The van der Waals surface area contributed by atoms with Crippen molar-refractivity contribution < 1.29 is 18.0 Å². The van der Waals surface area contributed by atoms with Crippen LogP contribution in [-0.2, 0) is 12.7 Å². The summed E-state index contributed by atoms with van der Waals surface area (Å²) in [6.07, 6.45) is -4.63. The number of aromatic nitrogens is 4. The van der Waals surface area contributed by atoms with Crippen LogP contribution in [0.4, 0.5) is 18.9 Å². The van der Waals surface area contributed by atoms with Gasteiger partial charge in [0.15, 0.2) is 5.82 Å². The van der Waals surface area contributed by atoms with Crippen LogP contribution in [0.3, 0.4) is 0 Å². The highest BCUT2D eigenvalue weighted by Crippen LogP contribution is 2.35. The normalized spacial score (nSPS) is 11.2. The molecule has 5 N–H and O–H groups in total. The number of carbonyl (C=O) groups is 1. The van der Waals surface area contributed by atoms with Crippen LogP contribution in [0.15, 0.2) is 18.2 Å². The smallest absolute Gasteiger partial charge is 0.345 e. The number of nitrogens with zero attached hydrogens (tertiary/aromatic N) is 3. The zero-order valence-corrected chi connectivity index (χ0v) is 10.4. The number of halogens is 3. The van der Waals surface area contributed by atoms with E-state index in [0.29, 0.717) is 6.07 Å². The summed E-state index contributed by atoms with van der Waals surface area (Å²) in [5.41, 5.74) is 0.424. The van der Waals surface area contributed by atoms with Crippen molar-refractivity contribution in [1.29, 1.82) is 0 Å². The molecular formula is C10H10F3N7O. The number of nitrogens with one attached hydrogen (secondary N) is 3. The third kappa shape index (κ3) is 3.45. The number of alkyl halides is 3. The summed E-state index contributed by atoms with van der Waals surface area (Å²) in [4.78, 5) is 11.8. The summed E-state index contributed by atoms with van der Waals surface area (Å²) >= 11 is 0. The van der Waals surface area contributed by atoms with Crippen molar-refractivity contribution in [2.45, 2.75) is 12.7 Å². The minimum absolute atomic E-state index is 0.0619. The van der Waals surface area contributed by atoms with Gasteiger partial charge in [0.25, 0.3) is 5.91 Å². The molecule has 1 heterocycles. The van der Waals surface area contributed by atoms with Crippen molar-refractivity contribution in [2.75, 3.05) is 5.43 Å². The number of rotatable bonds is 4. The van der Waals surface area contributed by atoms with E-state index in [2.05, 4.69) is 25.9 Å². The highest BCUT2D eigenvalue weighted by molar-refractivity contribution is 5.94. The first-order chi connectivity index (χ1) is 9.91. The molecule has 0 aliphatic carbocycles. The summed E-state index contributed by atoms with van der Waals surface area (Å²) in [5.74, 6) is 4.53. The average molecular weight is 301 g/mol. The van der Waals surface area contributed by atoms with Crippen LogP contribution in [-0.4, -0.2) is 26.5 Å². The Labute approximate surface area is 115 Å². The Kier molecular flexibility index (Phi) is 4.03. The van der Waals surface area contributed by atoms with Crippen molar-refractivity contribution in [3.8, 4) is 0 Å². The zero-order chi connectivity index (χ0) is 15.5. The molecule has 2 rings (SSSR count). The molecule has 0 saturated carbocycles. The minimum Gasteiger partial charge on any atom is -0.345 e. The molecule has 1 aromatic carbocycles. The lowest BCUT2D eigenvalue weighted by atomic mass is 10.1. The molecule has 112 valence electrons. The number of H-pyrrole nitrogens is 1. The van der Waals surface area contributed by atoms with Crippen LogP contribution in [0, 0.1) is 0 Å². The highest BCUT2D eigenvalue weighted by atomic mass is 19.4. The van der Waals surface area contributed by atoms with E-state index in [0.717, 1.165) is 6.07 Å². The van der Waals surface area contributed by atoms with Gasteiger partial charge < -0.3 is 10.7 Å². The van der Waals surface area contributed by atoms with Crippen molar-refractivity contribution in [3.63, 3.8) is 0 Å². The summed E-state index contributed by atoms with van der Waals surface area (Å²) < 4.78 is 38.5.